The molecular formula is C19H15ClN2O5. The maximum Gasteiger partial charge on any atom is 0.281 e. The van der Waals surface area contributed by atoms with Crippen LogP contribution >= 0.6 is 11.6 Å². The number of amides is 1. The molecule has 0 radical (unpaired) electrons. The van der Waals surface area contributed by atoms with Crippen LogP contribution in [0.2, 0.25) is 5.02 Å². The molecule has 0 aliphatic carbocycles. The molecule has 1 fully saturated rings. The van der Waals surface area contributed by atoms with Crippen molar-refractivity contribution in [1.82, 2.24) is 5.32 Å². The summed E-state index contributed by atoms with van der Waals surface area (Å²) in [5.74, 6) is -3.89. The predicted octanol–water partition coefficient (Wildman–Crippen LogP) is 3.05. The molecule has 2 aromatic carbocycles. The number of carbonyl (C=O) groups excluding carboxylic acids is 3. The summed E-state index contributed by atoms with van der Waals surface area (Å²) in [5, 5.41) is 14.0. The molecule has 8 heteroatoms. The summed E-state index contributed by atoms with van der Waals surface area (Å²) in [6.07, 6.45) is -0.0967. The van der Waals surface area contributed by atoms with Crippen molar-refractivity contribution in [2.75, 3.05) is 0 Å². The van der Waals surface area contributed by atoms with Crippen LogP contribution in [0, 0.1) is 16.0 Å². The summed E-state index contributed by atoms with van der Waals surface area (Å²) < 4.78 is 0. The van der Waals surface area contributed by atoms with E-state index in [1.807, 2.05) is 6.07 Å². The van der Waals surface area contributed by atoms with Gasteiger partial charge in [-0.25, -0.2) is 0 Å². The van der Waals surface area contributed by atoms with Crippen LogP contribution < -0.4 is 5.32 Å². The van der Waals surface area contributed by atoms with Crippen molar-refractivity contribution in [3.8, 4) is 0 Å². The van der Waals surface area contributed by atoms with Crippen LogP contribution in [0.1, 0.15) is 29.3 Å². The van der Waals surface area contributed by atoms with Gasteiger partial charge in [-0.1, -0.05) is 41.9 Å². The Balaban J connectivity index is 1.94. The lowest BCUT2D eigenvalue weighted by Crippen LogP contribution is -2.56. The quantitative estimate of drug-likeness (QED) is 0.376. The zero-order chi connectivity index (χ0) is 19.8. The first kappa shape index (κ1) is 18.7. The first-order chi connectivity index (χ1) is 12.7. The van der Waals surface area contributed by atoms with Crippen molar-refractivity contribution in [1.29, 1.82) is 0 Å². The average Bonchev–Trinajstić information content (AvgIpc) is 2.61. The Morgan fingerprint density at radius 1 is 1.22 bits per heavy atom. The average molecular weight is 387 g/mol. The van der Waals surface area contributed by atoms with E-state index in [-0.39, 0.29) is 17.0 Å². The molecule has 1 heterocycles. The van der Waals surface area contributed by atoms with Crippen molar-refractivity contribution in [2.45, 2.75) is 18.9 Å². The second-order valence-electron chi connectivity index (χ2n) is 6.55. The number of nitro groups is 1. The lowest BCUT2D eigenvalue weighted by molar-refractivity contribution is -0.385. The van der Waals surface area contributed by atoms with Gasteiger partial charge in [0, 0.05) is 17.5 Å². The van der Waals surface area contributed by atoms with Gasteiger partial charge in [-0.05, 0) is 24.6 Å². The standard InChI is InChI=1S/C19H15ClN2O5/c1-19(11-5-3-2-4-6-11)10-15(23)16(18(25)21-19)17(24)13-8-7-12(20)9-14(13)22(26)27/h2-9,16H,10H2,1H3,(H,21,25). The number of nitro benzene ring substituents is 1. The number of hydrogen-bond donors (Lipinski definition) is 1. The second kappa shape index (κ2) is 6.92. The third-order valence-electron chi connectivity index (χ3n) is 4.61. The number of piperidine rings is 1. The Hall–Kier alpha value is -3.06. The highest BCUT2D eigenvalue weighted by atomic mass is 35.5. The Morgan fingerprint density at radius 3 is 2.48 bits per heavy atom. The number of hydrogen-bond acceptors (Lipinski definition) is 5. The van der Waals surface area contributed by atoms with Crippen molar-refractivity contribution in [2.24, 2.45) is 5.92 Å². The molecule has 2 atom stereocenters. The minimum absolute atomic E-state index is 0.0781. The van der Waals surface area contributed by atoms with E-state index in [2.05, 4.69) is 5.32 Å². The first-order valence-electron chi connectivity index (χ1n) is 8.11. The van der Waals surface area contributed by atoms with Gasteiger partial charge in [0.05, 0.1) is 16.0 Å². The van der Waals surface area contributed by atoms with Crippen LogP contribution in [0.4, 0.5) is 5.69 Å². The van der Waals surface area contributed by atoms with Crippen LogP contribution in [0.3, 0.4) is 0 Å². The summed E-state index contributed by atoms with van der Waals surface area (Å²) in [6.45, 7) is 1.70. The summed E-state index contributed by atoms with van der Waals surface area (Å²) >= 11 is 5.75. The molecule has 27 heavy (non-hydrogen) atoms. The molecule has 0 saturated carbocycles. The SMILES string of the molecule is CC1(c2ccccc2)CC(=O)C(C(=O)c2ccc(Cl)cc2[N+](=O)[O-])C(=O)N1. The number of carbonyl (C=O) groups is 3. The van der Waals surface area contributed by atoms with Gasteiger partial charge in [-0.15, -0.1) is 0 Å². The van der Waals surface area contributed by atoms with E-state index in [0.717, 1.165) is 17.7 Å². The van der Waals surface area contributed by atoms with Crippen LogP contribution in [0.5, 0.6) is 0 Å². The monoisotopic (exact) mass is 386 g/mol. The summed E-state index contributed by atoms with van der Waals surface area (Å²) in [5.41, 5.74) is -1.07. The van der Waals surface area contributed by atoms with Gasteiger partial charge >= 0.3 is 0 Å². The fraction of sp³-hybridized carbons (Fsp3) is 0.211. The number of rotatable bonds is 4. The highest BCUT2D eigenvalue weighted by Crippen LogP contribution is 2.33. The topological polar surface area (TPSA) is 106 Å². The van der Waals surface area contributed by atoms with Crippen molar-refractivity contribution < 1.29 is 19.3 Å². The maximum atomic E-state index is 12.8. The normalized spacial score (nSPS) is 22.2. The number of Topliss-reactive ketones (excluding diaryl/α,β-unsaturated/α-hetero) is 2. The predicted molar refractivity (Wildman–Crippen MR) is 97.5 cm³/mol. The molecule has 1 aliphatic heterocycles. The third kappa shape index (κ3) is 3.46. The van der Waals surface area contributed by atoms with Gasteiger partial charge in [-0.2, -0.15) is 0 Å². The van der Waals surface area contributed by atoms with Crippen LogP contribution in [0.25, 0.3) is 0 Å². The molecule has 2 unspecified atom stereocenters. The van der Waals surface area contributed by atoms with Crippen molar-refractivity contribution in [3.63, 3.8) is 0 Å². The summed E-state index contributed by atoms with van der Waals surface area (Å²) in [4.78, 5) is 48.5. The third-order valence-corrected chi connectivity index (χ3v) is 4.84. The highest BCUT2D eigenvalue weighted by Gasteiger charge is 2.47. The molecule has 2 aromatic rings. The van der Waals surface area contributed by atoms with E-state index in [0.29, 0.717) is 0 Å². The Labute approximate surface area is 159 Å². The number of nitrogens with zero attached hydrogens (tertiary/aromatic N) is 1. The summed E-state index contributed by atoms with van der Waals surface area (Å²) in [7, 11) is 0. The fourth-order valence-electron chi connectivity index (χ4n) is 3.25. The molecule has 138 valence electrons. The van der Waals surface area contributed by atoms with E-state index in [1.54, 1.807) is 31.2 Å². The van der Waals surface area contributed by atoms with Crippen LogP contribution in [0.15, 0.2) is 48.5 Å². The smallest absolute Gasteiger partial charge is 0.281 e. The first-order valence-corrected chi connectivity index (χ1v) is 8.49. The number of nitrogens with one attached hydrogen (secondary N) is 1. The van der Waals surface area contributed by atoms with Gasteiger partial charge < -0.3 is 5.32 Å². The number of halogens is 1. The van der Waals surface area contributed by atoms with Gasteiger partial charge in [0.25, 0.3) is 5.69 Å². The number of benzene rings is 2. The zero-order valence-electron chi connectivity index (χ0n) is 14.3. The molecule has 1 saturated heterocycles. The number of ketones is 2. The molecule has 0 spiro atoms. The molecule has 1 aliphatic rings. The Bertz CT molecular complexity index is 940. The van der Waals surface area contributed by atoms with Gasteiger partial charge in [-0.3, -0.25) is 24.5 Å². The second-order valence-corrected chi connectivity index (χ2v) is 6.98. The lowest BCUT2D eigenvalue weighted by atomic mass is 9.77. The summed E-state index contributed by atoms with van der Waals surface area (Å²) in [6, 6.07) is 12.4. The molecule has 1 N–H and O–H groups in total. The van der Waals surface area contributed by atoms with E-state index >= 15 is 0 Å². The van der Waals surface area contributed by atoms with E-state index < -0.39 is 39.5 Å². The fourth-order valence-corrected chi connectivity index (χ4v) is 3.42. The minimum Gasteiger partial charge on any atom is -0.345 e. The minimum atomic E-state index is -1.62. The molecule has 0 bridgehead atoms. The molecule has 7 nitrogen and oxygen atoms in total. The zero-order valence-corrected chi connectivity index (χ0v) is 15.0. The molecule has 0 aromatic heterocycles. The van der Waals surface area contributed by atoms with E-state index in [9.17, 15) is 24.5 Å². The largest absolute Gasteiger partial charge is 0.345 e. The van der Waals surface area contributed by atoms with Crippen LogP contribution in [-0.2, 0) is 15.1 Å². The Morgan fingerprint density at radius 2 is 1.89 bits per heavy atom. The van der Waals surface area contributed by atoms with Crippen molar-refractivity contribution >= 4 is 34.8 Å². The lowest BCUT2D eigenvalue weighted by Gasteiger charge is -2.37. The Kier molecular flexibility index (Phi) is 4.80. The van der Waals surface area contributed by atoms with Gasteiger partial charge in [0.2, 0.25) is 5.91 Å². The van der Waals surface area contributed by atoms with Crippen LogP contribution in [-0.4, -0.2) is 22.4 Å². The molecular weight excluding hydrogens is 372 g/mol. The molecule has 3 rings (SSSR count). The van der Waals surface area contributed by atoms with E-state index in [1.165, 1.54) is 6.07 Å². The molecule has 1 amide bonds. The van der Waals surface area contributed by atoms with E-state index in [4.69, 9.17) is 11.6 Å². The highest BCUT2D eigenvalue weighted by molar-refractivity contribution is 6.31. The van der Waals surface area contributed by atoms with Gasteiger partial charge in [0.15, 0.2) is 17.5 Å². The maximum absolute atomic E-state index is 12.8. The van der Waals surface area contributed by atoms with Crippen molar-refractivity contribution in [3.05, 3.63) is 74.8 Å². The van der Waals surface area contributed by atoms with Gasteiger partial charge in [0.1, 0.15) is 0 Å².